The van der Waals surface area contributed by atoms with Crippen molar-refractivity contribution in [2.75, 3.05) is 13.1 Å². The second-order valence-electron chi connectivity index (χ2n) is 9.66. The van der Waals surface area contributed by atoms with E-state index in [0.717, 1.165) is 50.3 Å². The van der Waals surface area contributed by atoms with Crippen LogP contribution in [0.5, 0.6) is 0 Å². The third-order valence-electron chi connectivity index (χ3n) is 7.02. The number of fused-ring (bicyclic) bond motifs is 1. The summed E-state index contributed by atoms with van der Waals surface area (Å²) in [6, 6.07) is 13.0. The van der Waals surface area contributed by atoms with Crippen LogP contribution >= 0.6 is 0 Å². The predicted octanol–water partition coefficient (Wildman–Crippen LogP) is 3.50. The molecule has 1 aliphatic carbocycles. The Hall–Kier alpha value is -3.95. The fourth-order valence-electron chi connectivity index (χ4n) is 5.07. The van der Waals surface area contributed by atoms with Gasteiger partial charge in [0.1, 0.15) is 12.2 Å². The molecule has 3 heterocycles. The van der Waals surface area contributed by atoms with E-state index in [1.807, 2.05) is 31.5 Å². The average molecular weight is 511 g/mol. The quantitative estimate of drug-likeness (QED) is 0.265. The number of amides is 1. The molecule has 1 amide bonds. The van der Waals surface area contributed by atoms with Crippen LogP contribution in [0, 0.1) is 6.92 Å². The largest absolute Gasteiger partial charge is 0.348 e. The number of H-pyrrole nitrogens is 1. The molecule has 0 radical (unpaired) electrons. The number of aromatic amines is 1. The van der Waals surface area contributed by atoms with E-state index in [0.29, 0.717) is 24.3 Å². The summed E-state index contributed by atoms with van der Waals surface area (Å²) in [4.78, 5) is 35.5. The van der Waals surface area contributed by atoms with Crippen molar-refractivity contribution in [3.05, 3.63) is 107 Å². The lowest BCUT2D eigenvalue weighted by atomic mass is 9.90. The van der Waals surface area contributed by atoms with Gasteiger partial charge in [0, 0.05) is 51.0 Å². The van der Waals surface area contributed by atoms with Crippen LogP contribution in [0.1, 0.15) is 63.1 Å². The van der Waals surface area contributed by atoms with Crippen LogP contribution in [0.25, 0.3) is 0 Å². The van der Waals surface area contributed by atoms with Crippen LogP contribution in [-0.2, 0) is 26.1 Å². The Morgan fingerprint density at radius 1 is 1.11 bits per heavy atom. The van der Waals surface area contributed by atoms with E-state index < -0.39 is 0 Å². The highest BCUT2D eigenvalue weighted by atomic mass is 16.1. The fraction of sp³-hybridized carbons (Fsp3) is 0.345. The number of pyridine rings is 1. The molecule has 38 heavy (non-hydrogen) atoms. The molecule has 0 saturated carbocycles. The van der Waals surface area contributed by atoms with E-state index in [4.69, 9.17) is 4.98 Å². The number of carbonyl (C=O) groups excluding carboxylic acids is 1. The smallest absolute Gasteiger partial charge is 0.254 e. The van der Waals surface area contributed by atoms with Gasteiger partial charge in [-0.3, -0.25) is 14.7 Å². The zero-order valence-corrected chi connectivity index (χ0v) is 21.7. The zero-order valence-electron chi connectivity index (χ0n) is 21.7. The number of rotatable bonds is 11. The lowest BCUT2D eigenvalue weighted by Crippen LogP contribution is -2.36. The minimum atomic E-state index is -0.164. The van der Waals surface area contributed by atoms with Crippen LogP contribution in [0.3, 0.4) is 0 Å². The van der Waals surface area contributed by atoms with Crippen LogP contribution in [-0.4, -0.2) is 48.8 Å². The first-order chi connectivity index (χ1) is 18.7. The van der Waals surface area contributed by atoms with Crippen LogP contribution in [0.4, 0.5) is 0 Å². The normalized spacial score (nSPS) is 14.8. The fourth-order valence-corrected chi connectivity index (χ4v) is 5.07. The van der Waals surface area contributed by atoms with Gasteiger partial charge in [0.05, 0.1) is 29.5 Å². The molecule has 0 saturated heterocycles. The second kappa shape index (κ2) is 12.5. The Bertz CT molecular complexity index is 1340. The maximum absolute atomic E-state index is 12.6. The SMILES string of the molecule is Cc1ncncc1C(=O)NCc1cccc(CN(CCNCc2ncc[nH]2)C2CCCc3cccnc32)c1. The molecule has 4 aromatic rings. The highest BCUT2D eigenvalue weighted by molar-refractivity contribution is 5.94. The first kappa shape index (κ1) is 25.7. The number of hydrogen-bond acceptors (Lipinski definition) is 7. The van der Waals surface area contributed by atoms with Gasteiger partial charge in [0.2, 0.25) is 0 Å². The van der Waals surface area contributed by atoms with Gasteiger partial charge < -0.3 is 15.6 Å². The van der Waals surface area contributed by atoms with Crippen molar-refractivity contribution in [3.8, 4) is 0 Å². The Balaban J connectivity index is 1.27. The van der Waals surface area contributed by atoms with Crippen molar-refractivity contribution in [3.63, 3.8) is 0 Å². The molecule has 1 aromatic carbocycles. The van der Waals surface area contributed by atoms with Crippen molar-refractivity contribution >= 4 is 5.91 Å². The van der Waals surface area contributed by atoms with E-state index >= 15 is 0 Å². The summed E-state index contributed by atoms with van der Waals surface area (Å²) in [5, 5.41) is 6.52. The van der Waals surface area contributed by atoms with Crippen LogP contribution in [0.2, 0.25) is 0 Å². The molecule has 0 spiro atoms. The molecule has 0 fully saturated rings. The van der Waals surface area contributed by atoms with Gasteiger partial charge in [-0.1, -0.05) is 30.3 Å². The average Bonchev–Trinajstić information content (AvgIpc) is 3.47. The van der Waals surface area contributed by atoms with Crippen molar-refractivity contribution < 1.29 is 4.79 Å². The summed E-state index contributed by atoms with van der Waals surface area (Å²) in [6.45, 7) is 5.49. The van der Waals surface area contributed by atoms with Gasteiger partial charge in [-0.25, -0.2) is 15.0 Å². The van der Waals surface area contributed by atoms with Crippen LogP contribution < -0.4 is 10.6 Å². The first-order valence-corrected chi connectivity index (χ1v) is 13.2. The number of carbonyl (C=O) groups is 1. The minimum absolute atomic E-state index is 0.164. The molecule has 5 rings (SSSR count). The van der Waals surface area contributed by atoms with Crippen molar-refractivity contribution in [1.82, 2.24) is 40.5 Å². The maximum Gasteiger partial charge on any atom is 0.254 e. The highest BCUT2D eigenvalue weighted by Gasteiger charge is 2.27. The highest BCUT2D eigenvalue weighted by Crippen LogP contribution is 2.33. The zero-order chi connectivity index (χ0) is 26.2. The van der Waals surface area contributed by atoms with Gasteiger partial charge in [0.15, 0.2) is 0 Å². The minimum Gasteiger partial charge on any atom is -0.348 e. The third kappa shape index (κ3) is 6.48. The monoisotopic (exact) mass is 510 g/mol. The summed E-state index contributed by atoms with van der Waals surface area (Å²) in [5.41, 5.74) is 6.00. The summed E-state index contributed by atoms with van der Waals surface area (Å²) in [5.74, 6) is 0.774. The molecule has 0 bridgehead atoms. The number of aryl methyl sites for hydroxylation is 2. The lowest BCUT2D eigenvalue weighted by Gasteiger charge is -2.35. The van der Waals surface area contributed by atoms with E-state index in [-0.39, 0.29) is 11.9 Å². The number of hydrogen-bond donors (Lipinski definition) is 3. The summed E-state index contributed by atoms with van der Waals surface area (Å²) < 4.78 is 0. The van der Waals surface area contributed by atoms with E-state index in [1.165, 1.54) is 23.1 Å². The molecular weight excluding hydrogens is 476 g/mol. The Kier molecular flexibility index (Phi) is 8.47. The molecule has 3 N–H and O–H groups in total. The van der Waals surface area contributed by atoms with Crippen LogP contribution in [0.15, 0.2) is 67.5 Å². The van der Waals surface area contributed by atoms with Gasteiger partial charge in [-0.15, -0.1) is 0 Å². The van der Waals surface area contributed by atoms with Crippen molar-refractivity contribution in [1.29, 1.82) is 0 Å². The van der Waals surface area contributed by atoms with Crippen molar-refractivity contribution in [2.45, 2.75) is 51.9 Å². The van der Waals surface area contributed by atoms with E-state index in [2.05, 4.69) is 59.7 Å². The Labute approximate surface area is 223 Å². The molecule has 9 nitrogen and oxygen atoms in total. The summed E-state index contributed by atoms with van der Waals surface area (Å²) in [7, 11) is 0. The standard InChI is InChI=1S/C29H34N8O/c1-21-25(17-31-20-36-21)29(38)35-16-22-5-2-6-23(15-22)19-37(14-13-30-18-27-32-11-12-33-27)26-9-3-7-24-8-4-10-34-28(24)26/h2,4-6,8,10-12,15,17,20,26,30H,3,7,9,13-14,16,18-19H2,1H3,(H,32,33)(H,35,38). The van der Waals surface area contributed by atoms with Gasteiger partial charge in [-0.2, -0.15) is 0 Å². The number of nitrogens with zero attached hydrogens (tertiary/aromatic N) is 5. The first-order valence-electron chi connectivity index (χ1n) is 13.2. The number of imidazole rings is 1. The predicted molar refractivity (Wildman–Crippen MR) is 145 cm³/mol. The Morgan fingerprint density at radius 2 is 2.03 bits per heavy atom. The topological polar surface area (TPSA) is 112 Å². The maximum atomic E-state index is 12.6. The summed E-state index contributed by atoms with van der Waals surface area (Å²) in [6.07, 6.45) is 11.9. The second-order valence-corrected chi connectivity index (χ2v) is 9.66. The molecule has 0 aliphatic heterocycles. The number of benzene rings is 1. The molecular formula is C29H34N8O. The number of aromatic nitrogens is 5. The van der Waals surface area contributed by atoms with Crippen molar-refractivity contribution in [2.24, 2.45) is 0 Å². The molecule has 1 atom stereocenters. The third-order valence-corrected chi connectivity index (χ3v) is 7.02. The molecule has 1 unspecified atom stereocenters. The number of nitrogens with one attached hydrogen (secondary N) is 3. The van der Waals surface area contributed by atoms with Gasteiger partial charge in [0.25, 0.3) is 5.91 Å². The molecule has 3 aromatic heterocycles. The lowest BCUT2D eigenvalue weighted by molar-refractivity contribution is 0.0949. The Morgan fingerprint density at radius 3 is 2.89 bits per heavy atom. The summed E-state index contributed by atoms with van der Waals surface area (Å²) >= 11 is 0. The molecule has 9 heteroatoms. The van der Waals surface area contributed by atoms with E-state index in [1.54, 1.807) is 12.4 Å². The van der Waals surface area contributed by atoms with Gasteiger partial charge in [-0.05, 0) is 48.9 Å². The molecule has 196 valence electrons. The van der Waals surface area contributed by atoms with E-state index in [9.17, 15) is 4.79 Å². The van der Waals surface area contributed by atoms with Gasteiger partial charge >= 0.3 is 0 Å². The molecule has 1 aliphatic rings.